The largest absolute Gasteiger partial charge is 0.496 e. The maximum absolute atomic E-state index is 14.2. The molecule has 0 heterocycles. The number of hydrogen-bond donors (Lipinski definition) is 1. The minimum absolute atomic E-state index is 0.212. The molecule has 0 radical (unpaired) electrons. The van der Waals surface area contributed by atoms with Crippen LogP contribution in [0.15, 0.2) is 46.9 Å². The van der Waals surface area contributed by atoms with Gasteiger partial charge in [-0.15, -0.1) is 0 Å². The van der Waals surface area contributed by atoms with Gasteiger partial charge >= 0.3 is 0 Å². The van der Waals surface area contributed by atoms with Crippen LogP contribution in [-0.2, 0) is 0 Å². The first-order valence-corrected chi connectivity index (χ1v) is 7.78. The van der Waals surface area contributed by atoms with Crippen LogP contribution >= 0.6 is 15.9 Å². The third kappa shape index (κ3) is 3.83. The van der Waals surface area contributed by atoms with Crippen molar-refractivity contribution in [2.45, 2.75) is 19.4 Å². The molecule has 1 N–H and O–H groups in total. The van der Waals surface area contributed by atoms with Crippen LogP contribution in [-0.4, -0.2) is 13.7 Å². The third-order valence-corrected chi connectivity index (χ3v) is 3.81. The van der Waals surface area contributed by atoms with E-state index in [1.54, 1.807) is 13.2 Å². The predicted octanol–water partition coefficient (Wildman–Crippen LogP) is 4.69. The number of hydrogen-bond acceptors (Lipinski definition) is 2. The van der Waals surface area contributed by atoms with Gasteiger partial charge in [0, 0.05) is 15.6 Å². The van der Waals surface area contributed by atoms with Crippen molar-refractivity contribution in [2.75, 3.05) is 13.7 Å². The van der Waals surface area contributed by atoms with Crippen molar-refractivity contribution >= 4 is 15.9 Å². The molecule has 21 heavy (non-hydrogen) atoms. The van der Waals surface area contributed by atoms with Crippen molar-refractivity contribution in [2.24, 2.45) is 0 Å². The van der Waals surface area contributed by atoms with E-state index in [2.05, 4.69) is 28.2 Å². The second kappa shape index (κ2) is 7.57. The molecule has 4 heteroatoms. The highest BCUT2D eigenvalue weighted by Gasteiger charge is 2.20. The highest BCUT2D eigenvalue weighted by Crippen LogP contribution is 2.33. The molecule has 2 rings (SSSR count). The summed E-state index contributed by atoms with van der Waals surface area (Å²) in [7, 11) is 1.63. The minimum atomic E-state index is -0.228. The van der Waals surface area contributed by atoms with Gasteiger partial charge in [0.15, 0.2) is 0 Å². The van der Waals surface area contributed by atoms with Crippen LogP contribution in [0.5, 0.6) is 5.75 Å². The summed E-state index contributed by atoms with van der Waals surface area (Å²) in [6.45, 7) is 2.89. The molecule has 0 bridgehead atoms. The van der Waals surface area contributed by atoms with Crippen molar-refractivity contribution in [3.63, 3.8) is 0 Å². The zero-order chi connectivity index (χ0) is 15.2. The van der Waals surface area contributed by atoms with Crippen molar-refractivity contribution in [1.29, 1.82) is 0 Å². The first kappa shape index (κ1) is 16.0. The highest BCUT2D eigenvalue weighted by atomic mass is 79.9. The monoisotopic (exact) mass is 351 g/mol. The minimum Gasteiger partial charge on any atom is -0.496 e. The normalized spacial score (nSPS) is 12.2. The smallest absolute Gasteiger partial charge is 0.128 e. The van der Waals surface area contributed by atoms with E-state index in [0.717, 1.165) is 28.8 Å². The highest BCUT2D eigenvalue weighted by molar-refractivity contribution is 9.10. The van der Waals surface area contributed by atoms with E-state index in [1.165, 1.54) is 6.07 Å². The van der Waals surface area contributed by atoms with Gasteiger partial charge in [-0.1, -0.05) is 47.1 Å². The van der Waals surface area contributed by atoms with Crippen LogP contribution in [0.25, 0.3) is 0 Å². The first-order chi connectivity index (χ1) is 10.2. The standard InChI is InChI=1S/C17H19BrFNO/c1-3-10-20-17(13-6-4-5-7-15(13)19)14-9-8-12(18)11-16(14)21-2/h4-9,11,17,20H,3,10H2,1-2H3. The van der Waals surface area contributed by atoms with Crippen LogP contribution in [0.3, 0.4) is 0 Å². The van der Waals surface area contributed by atoms with Crippen LogP contribution in [0.1, 0.15) is 30.5 Å². The van der Waals surface area contributed by atoms with Gasteiger partial charge in [0.05, 0.1) is 13.2 Å². The Morgan fingerprint density at radius 3 is 2.62 bits per heavy atom. The van der Waals surface area contributed by atoms with Gasteiger partial charge in [0.25, 0.3) is 0 Å². The molecule has 2 aromatic rings. The molecule has 0 aromatic heterocycles. The van der Waals surface area contributed by atoms with Gasteiger partial charge in [-0.25, -0.2) is 4.39 Å². The summed E-state index contributed by atoms with van der Waals surface area (Å²) in [5.74, 6) is 0.525. The fourth-order valence-corrected chi connectivity index (χ4v) is 2.65. The molecule has 112 valence electrons. The van der Waals surface area contributed by atoms with E-state index >= 15 is 0 Å². The van der Waals surface area contributed by atoms with Gasteiger partial charge in [0.1, 0.15) is 11.6 Å². The zero-order valence-electron chi connectivity index (χ0n) is 12.2. The summed E-state index contributed by atoms with van der Waals surface area (Å²) in [5, 5.41) is 3.40. The summed E-state index contributed by atoms with van der Waals surface area (Å²) in [6, 6.07) is 12.4. The van der Waals surface area contributed by atoms with E-state index in [4.69, 9.17) is 4.74 Å². The molecule has 0 spiro atoms. The molecule has 2 nitrogen and oxygen atoms in total. The van der Waals surface area contributed by atoms with E-state index in [0.29, 0.717) is 5.56 Å². The van der Waals surface area contributed by atoms with Crippen molar-refractivity contribution in [3.05, 3.63) is 63.9 Å². The summed E-state index contributed by atoms with van der Waals surface area (Å²) >= 11 is 3.44. The average Bonchev–Trinajstić information content (AvgIpc) is 2.50. The van der Waals surface area contributed by atoms with Crippen LogP contribution < -0.4 is 10.1 Å². The second-order valence-corrected chi connectivity index (χ2v) is 5.71. The van der Waals surface area contributed by atoms with E-state index < -0.39 is 0 Å². The number of ether oxygens (including phenoxy) is 1. The van der Waals surface area contributed by atoms with Crippen LogP contribution in [0, 0.1) is 5.82 Å². The van der Waals surface area contributed by atoms with Gasteiger partial charge < -0.3 is 10.1 Å². The Morgan fingerprint density at radius 2 is 1.95 bits per heavy atom. The molecular weight excluding hydrogens is 333 g/mol. The number of halogens is 2. The molecule has 0 amide bonds. The summed E-state index contributed by atoms with van der Waals surface area (Å²) < 4.78 is 20.6. The number of nitrogens with one attached hydrogen (secondary N) is 1. The molecule has 1 unspecified atom stereocenters. The van der Waals surface area contributed by atoms with Crippen molar-refractivity contribution in [3.8, 4) is 5.75 Å². The first-order valence-electron chi connectivity index (χ1n) is 6.98. The Kier molecular flexibility index (Phi) is 5.76. The van der Waals surface area contributed by atoms with E-state index in [1.807, 2.05) is 30.3 Å². The summed E-state index contributed by atoms with van der Waals surface area (Å²) in [5.41, 5.74) is 1.56. The Labute approximate surface area is 133 Å². The molecule has 2 aromatic carbocycles. The lowest BCUT2D eigenvalue weighted by Crippen LogP contribution is -2.24. The molecule has 0 saturated carbocycles. The maximum atomic E-state index is 14.2. The second-order valence-electron chi connectivity index (χ2n) is 4.79. The summed E-state index contributed by atoms with van der Waals surface area (Å²) in [4.78, 5) is 0. The molecule has 1 atom stereocenters. The fraction of sp³-hybridized carbons (Fsp3) is 0.294. The van der Waals surface area contributed by atoms with Gasteiger partial charge in [-0.05, 0) is 31.2 Å². The van der Waals surface area contributed by atoms with Gasteiger partial charge in [0.2, 0.25) is 0 Å². The SMILES string of the molecule is CCCNC(c1ccccc1F)c1ccc(Br)cc1OC. The molecule has 0 fully saturated rings. The van der Waals surface area contributed by atoms with Crippen molar-refractivity contribution < 1.29 is 9.13 Å². The number of methoxy groups -OCH3 is 1. The predicted molar refractivity (Wildman–Crippen MR) is 87.2 cm³/mol. The molecule has 0 saturated heterocycles. The quantitative estimate of drug-likeness (QED) is 0.815. The molecular formula is C17H19BrFNO. The average molecular weight is 352 g/mol. The Hall–Kier alpha value is -1.39. The summed E-state index contributed by atoms with van der Waals surface area (Å²) in [6.07, 6.45) is 0.976. The lowest BCUT2D eigenvalue weighted by molar-refractivity contribution is 0.402. The molecule has 0 aliphatic carbocycles. The van der Waals surface area contributed by atoms with Gasteiger partial charge in [-0.2, -0.15) is 0 Å². The Balaban J connectivity index is 2.48. The lowest BCUT2D eigenvalue weighted by atomic mass is 9.97. The molecule has 0 aliphatic heterocycles. The lowest BCUT2D eigenvalue weighted by Gasteiger charge is -2.22. The van der Waals surface area contributed by atoms with E-state index in [-0.39, 0.29) is 11.9 Å². The van der Waals surface area contributed by atoms with Crippen molar-refractivity contribution in [1.82, 2.24) is 5.32 Å². The van der Waals surface area contributed by atoms with Crippen LogP contribution in [0.2, 0.25) is 0 Å². The Bertz CT molecular complexity index is 603. The third-order valence-electron chi connectivity index (χ3n) is 3.32. The fourth-order valence-electron chi connectivity index (χ4n) is 2.31. The number of rotatable bonds is 6. The van der Waals surface area contributed by atoms with Crippen LogP contribution in [0.4, 0.5) is 4.39 Å². The Morgan fingerprint density at radius 1 is 1.19 bits per heavy atom. The topological polar surface area (TPSA) is 21.3 Å². The maximum Gasteiger partial charge on any atom is 0.128 e. The zero-order valence-corrected chi connectivity index (χ0v) is 13.8. The van der Waals surface area contributed by atoms with E-state index in [9.17, 15) is 4.39 Å². The van der Waals surface area contributed by atoms with Gasteiger partial charge in [-0.3, -0.25) is 0 Å². The number of benzene rings is 2. The molecule has 0 aliphatic rings.